The van der Waals surface area contributed by atoms with Crippen LogP contribution in [0.15, 0.2) is 146 Å². The van der Waals surface area contributed by atoms with E-state index in [-0.39, 0.29) is 29.0 Å². The summed E-state index contributed by atoms with van der Waals surface area (Å²) < 4.78 is 44.8. The average Bonchev–Trinajstić information content (AvgIpc) is 1.58. The van der Waals surface area contributed by atoms with E-state index in [1.807, 2.05) is 0 Å². The van der Waals surface area contributed by atoms with Gasteiger partial charge in [-0.1, -0.05) is 156 Å². The molecule has 15 heteroatoms. The van der Waals surface area contributed by atoms with Crippen LogP contribution in [-0.4, -0.2) is 73.3 Å². The van der Waals surface area contributed by atoms with Gasteiger partial charge in [-0.15, -0.1) is 0 Å². The molecule has 4 N–H and O–H groups in total. The Morgan fingerprint density at radius 2 is 0.616 bits per heavy atom. The van der Waals surface area contributed by atoms with Crippen molar-refractivity contribution in [2.75, 3.05) is 47.7 Å². The van der Waals surface area contributed by atoms with Crippen LogP contribution in [-0.2, 0) is 14.1 Å². The number of nitrogens with two attached hydrogens (primary N) is 2. The predicted octanol–water partition coefficient (Wildman–Crippen LogP) is 23.5. The van der Waals surface area contributed by atoms with Gasteiger partial charge in [0.1, 0.15) is 0 Å². The molecule has 0 unspecified atom stereocenters. The summed E-state index contributed by atoms with van der Waals surface area (Å²) in [6.45, 7) is 12.0. The zero-order valence-electron chi connectivity index (χ0n) is 59.4. The molecule has 0 saturated heterocycles. The molecule has 0 atom stereocenters. The van der Waals surface area contributed by atoms with Crippen LogP contribution in [0.25, 0.3) is 72.4 Å². The first kappa shape index (κ1) is 71.2. The molecule has 0 aliphatic rings. The summed E-state index contributed by atoms with van der Waals surface area (Å²) in [6, 6.07) is 52.8. The zero-order valence-corrected chi connectivity index (χ0v) is 63.6. The fourth-order valence-electron chi connectivity index (χ4n) is 13.9. The van der Waals surface area contributed by atoms with Gasteiger partial charge >= 0.3 is 426 Å². The maximum atomic E-state index is 7.35. The number of fused-ring (bicyclic) bond motifs is 7. The van der Waals surface area contributed by atoms with Crippen molar-refractivity contribution in [2.24, 2.45) is 14.1 Å². The molecule has 12 aromatic rings. The second kappa shape index (κ2) is 35.1. The summed E-state index contributed by atoms with van der Waals surface area (Å²) >= 11 is 1.04. The van der Waals surface area contributed by atoms with Gasteiger partial charge in [0.05, 0.1) is 0 Å². The summed E-state index contributed by atoms with van der Waals surface area (Å²) in [5.74, 6) is 3.58. The fourth-order valence-corrected chi connectivity index (χ4v) is 19.8. The van der Waals surface area contributed by atoms with Crippen LogP contribution in [0.2, 0.25) is 0 Å². The number of unbranched alkanes of at least 4 members (excludes halogenated alkanes) is 20. The van der Waals surface area contributed by atoms with Crippen molar-refractivity contribution in [3.05, 3.63) is 146 Å². The zero-order chi connectivity index (χ0) is 68.5. The first-order chi connectivity index (χ1) is 48.7. The summed E-state index contributed by atoms with van der Waals surface area (Å²) in [6.07, 6.45) is 29.6. The molecule has 0 spiro atoms. The normalized spacial score (nSPS) is 11.7. The molecular weight excluding hydrogens is 1370 g/mol. The number of nitrogens with zero attached hydrogens (tertiary/aromatic N) is 6. The van der Waals surface area contributed by atoms with E-state index < -0.39 is 0 Å². The van der Waals surface area contributed by atoms with Crippen molar-refractivity contribution in [3.8, 4) is 43.0 Å². The Hall–Kier alpha value is -7.64. The number of anilines is 8. The van der Waals surface area contributed by atoms with Crippen LogP contribution in [0.1, 0.15) is 182 Å². The third kappa shape index (κ3) is 16.9. The molecule has 0 saturated carbocycles. The molecule has 12 nitrogen and oxygen atoms in total. The summed E-state index contributed by atoms with van der Waals surface area (Å²) in [4.78, 5) is 4.68. The topological polar surface area (TPSA) is 131 Å². The van der Waals surface area contributed by atoms with Gasteiger partial charge in [-0.25, -0.2) is 0 Å². The molecule has 99 heavy (non-hydrogen) atoms. The van der Waals surface area contributed by atoms with Crippen molar-refractivity contribution in [2.45, 2.75) is 182 Å². The second-order valence-corrected chi connectivity index (χ2v) is 31.8. The number of aryl methyl sites for hydroxylation is 2. The van der Waals surface area contributed by atoms with Crippen molar-refractivity contribution in [1.82, 2.24) is 17.9 Å². The molecule has 7 aromatic carbocycles. The second-order valence-electron chi connectivity index (χ2n) is 26.8. The van der Waals surface area contributed by atoms with Gasteiger partial charge in [0.15, 0.2) is 0 Å². The van der Waals surface area contributed by atoms with Crippen LogP contribution in [0.3, 0.4) is 0 Å². The third-order valence-corrected chi connectivity index (χ3v) is 25.0. The monoisotopic (exact) mass is 1480 g/mol. The quantitative estimate of drug-likeness (QED) is 0.0217. The molecule has 12 rings (SSSR count). The van der Waals surface area contributed by atoms with E-state index in [2.05, 4.69) is 206 Å². The molecule has 520 valence electrons. The Bertz CT molecular complexity index is 4120. The number of hydrogen-bond acceptors (Lipinski definition) is 11. The summed E-state index contributed by atoms with van der Waals surface area (Å²) in [5, 5.41) is 2.46. The molecule has 5 heterocycles. The number of hydrogen-bond donors (Lipinski definition) is 2. The first-order valence-electron chi connectivity index (χ1n) is 37.1. The molecule has 0 aliphatic carbocycles. The Morgan fingerprint density at radius 3 is 0.909 bits per heavy atom. The van der Waals surface area contributed by atoms with E-state index in [1.165, 1.54) is 182 Å². The molecule has 0 bridgehead atoms. The van der Waals surface area contributed by atoms with Crippen LogP contribution in [0, 0.1) is 0 Å². The minimum atomic E-state index is -0.0961. The van der Waals surface area contributed by atoms with Crippen molar-refractivity contribution in [3.63, 3.8) is 0 Å². The van der Waals surface area contributed by atoms with Crippen molar-refractivity contribution >= 4 is 139 Å². The van der Waals surface area contributed by atoms with Gasteiger partial charge < -0.3 is 0 Å². The van der Waals surface area contributed by atoms with Gasteiger partial charge in [0.25, 0.3) is 0 Å². The van der Waals surface area contributed by atoms with E-state index >= 15 is 0 Å². The standard InChI is InChI=1S/C84H102N8O4SSe2/c1-7-11-15-19-23-27-51-93-65-41-31-59(32-42-65)91(60-33-43-66(44-34-60)94-52-28-24-20-16-12-8-2)63-39-49-69-71(55-63)89(5)73-57-75(98-83(69)73)77-79(85)80(86)78(82-81(77)87-97-88-82)76-58-74-84(99-76)70-50-40-64(56-72(70)90(74)6)92(61-35-45-67(46-36-61)95-53-29-25-21-17-13-9-3)62-37-47-68(48-38-62)96-54-30-26-22-18-14-10-4/h31-50,55-58H,7-30,51-54,85-86H2,1-6H3. The Kier molecular flexibility index (Phi) is 25.2. The molecule has 0 aliphatic heterocycles. The fraction of sp³-hybridized carbons (Fsp3) is 0.405. The van der Waals surface area contributed by atoms with E-state index in [0.717, 1.165) is 140 Å². The van der Waals surface area contributed by atoms with E-state index in [0.29, 0.717) is 11.4 Å². The van der Waals surface area contributed by atoms with Crippen LogP contribution < -0.4 is 40.2 Å². The van der Waals surface area contributed by atoms with E-state index in [9.17, 15) is 0 Å². The van der Waals surface area contributed by atoms with Crippen molar-refractivity contribution in [1.29, 1.82) is 0 Å². The number of ether oxygens (including phenoxy) is 4. The van der Waals surface area contributed by atoms with Gasteiger partial charge in [-0.05, 0) is 25.7 Å². The van der Waals surface area contributed by atoms with Crippen molar-refractivity contribution < 1.29 is 18.9 Å². The number of rotatable bonds is 40. The average molecular weight is 1480 g/mol. The molecule has 0 radical (unpaired) electrons. The third-order valence-electron chi connectivity index (χ3n) is 19.6. The van der Waals surface area contributed by atoms with E-state index in [1.54, 1.807) is 0 Å². The minimum absolute atomic E-state index is 0.0961. The van der Waals surface area contributed by atoms with Crippen LogP contribution in [0.5, 0.6) is 23.0 Å². The summed E-state index contributed by atoms with van der Waals surface area (Å²) in [7, 11) is 4.37. The number of nitrogen functional groups attached to an aromatic ring is 2. The number of benzene rings is 7. The van der Waals surface area contributed by atoms with Gasteiger partial charge in [0, 0.05) is 0 Å². The first-order valence-corrected chi connectivity index (χ1v) is 41.2. The Morgan fingerprint density at radius 1 is 0.343 bits per heavy atom. The Labute approximate surface area is 603 Å². The van der Waals surface area contributed by atoms with Gasteiger partial charge in [-0.2, -0.15) is 0 Å². The van der Waals surface area contributed by atoms with Gasteiger partial charge in [0.2, 0.25) is 0 Å². The van der Waals surface area contributed by atoms with E-state index in [4.69, 9.17) is 39.2 Å². The molecule has 5 aromatic heterocycles. The Balaban J connectivity index is 0.808. The predicted molar refractivity (Wildman–Crippen MR) is 424 cm³/mol. The van der Waals surface area contributed by atoms with Gasteiger partial charge in [-0.3, -0.25) is 0 Å². The molecule has 0 amide bonds. The maximum absolute atomic E-state index is 7.35. The molecular formula is C84H102N8O4SSe2. The number of aromatic nitrogens is 4. The summed E-state index contributed by atoms with van der Waals surface area (Å²) in [5.41, 5.74) is 30.4. The SMILES string of the molecule is CCCCCCCCOc1ccc(N(c2ccc(OCCCCCCCC)cc2)c2ccc3c4[se]c(-c5c(N)c(N)c(-c6cc7c([se]6)c6ccc(N(c8ccc(OCCCCCCCC)cc8)c8ccc(OCCCCCCCC)cc8)cc6n7C)c6nsnc56)cc4n(C)c3c2)cc1. The molecule has 0 fully saturated rings. The van der Waals surface area contributed by atoms with Crippen LogP contribution >= 0.6 is 11.7 Å². The van der Waals surface area contributed by atoms with Crippen LogP contribution in [0.4, 0.5) is 45.5 Å².